The first kappa shape index (κ1) is 32.2. The Balaban J connectivity index is 1.51. The van der Waals surface area contributed by atoms with Gasteiger partial charge in [0.15, 0.2) is 11.7 Å². The molecule has 13 nitrogen and oxygen atoms in total. The van der Waals surface area contributed by atoms with Crippen molar-refractivity contribution in [2.75, 3.05) is 6.54 Å². The lowest BCUT2D eigenvalue weighted by molar-refractivity contribution is -0.713. The van der Waals surface area contributed by atoms with Crippen LogP contribution in [-0.4, -0.2) is 58.9 Å². The number of rotatable bonds is 10. The smallest absolute Gasteiger partial charge is 0.435 e. The molecule has 1 fully saturated rings. The second kappa shape index (κ2) is 12.9. The van der Waals surface area contributed by atoms with E-state index in [9.17, 15) is 36.4 Å². The van der Waals surface area contributed by atoms with Gasteiger partial charge in [0.25, 0.3) is 22.2 Å². The van der Waals surface area contributed by atoms with E-state index >= 15 is 0 Å². The standard InChI is InChI=1S/C27H29F3N6O7S/c1-4-25(37)42-18(3)43-33-36(39)34-15-5-6-22(34)26(38)32-44(40,41)21-13-11-20(12-14-21)35-23(16-24(31-35)27(28,29)30)19-9-7-17(2)8-10-19/h7-14,16,18,22H,4-6,15H2,1-3H3,(H,32,38)/b36-33+/t18?,22-/m0/s1. The van der Waals surface area contributed by atoms with E-state index in [1.807, 2.05) is 11.6 Å². The van der Waals surface area contributed by atoms with Crippen LogP contribution in [0.15, 0.2) is 64.8 Å². The van der Waals surface area contributed by atoms with Gasteiger partial charge in [-0.2, -0.15) is 18.3 Å². The summed E-state index contributed by atoms with van der Waals surface area (Å²) in [4.78, 5) is 28.7. The Morgan fingerprint density at radius 2 is 1.84 bits per heavy atom. The molecule has 1 aromatic heterocycles. The summed E-state index contributed by atoms with van der Waals surface area (Å²) in [5.41, 5.74) is 0.523. The van der Waals surface area contributed by atoms with Gasteiger partial charge in [-0.25, -0.2) is 17.8 Å². The van der Waals surface area contributed by atoms with E-state index in [4.69, 9.17) is 9.57 Å². The van der Waals surface area contributed by atoms with Crippen molar-refractivity contribution in [3.05, 3.63) is 71.1 Å². The lowest BCUT2D eigenvalue weighted by Crippen LogP contribution is -2.47. The van der Waals surface area contributed by atoms with Gasteiger partial charge in [-0.15, -0.1) is 5.01 Å². The van der Waals surface area contributed by atoms with Crippen molar-refractivity contribution >= 4 is 21.9 Å². The Bertz CT molecular complexity index is 1640. The SMILES string of the molecule is CCC(=O)OC(C)O/N=[N+](/[O-])N1CCC[C@H]1C(=O)NS(=O)(=O)c1ccc(-n2nc(C(F)(F)F)cc2-c2ccc(C)cc2)cc1. The molecular weight excluding hydrogens is 609 g/mol. The van der Waals surface area contributed by atoms with Crippen LogP contribution in [0.25, 0.3) is 16.9 Å². The number of esters is 1. The number of nitrogens with one attached hydrogen (secondary N) is 1. The number of ether oxygens (including phenoxy) is 1. The molecular formula is C27H29F3N6O7S. The van der Waals surface area contributed by atoms with Gasteiger partial charge in [0.2, 0.25) is 5.28 Å². The molecule has 0 aliphatic carbocycles. The van der Waals surface area contributed by atoms with E-state index in [0.29, 0.717) is 12.0 Å². The maximum absolute atomic E-state index is 13.5. The van der Waals surface area contributed by atoms with Crippen molar-refractivity contribution in [1.29, 1.82) is 0 Å². The molecule has 2 aromatic carbocycles. The van der Waals surface area contributed by atoms with Gasteiger partial charge in [-0.3, -0.25) is 14.4 Å². The van der Waals surface area contributed by atoms with Gasteiger partial charge in [-0.05, 0) is 50.1 Å². The van der Waals surface area contributed by atoms with Crippen LogP contribution in [0, 0.1) is 12.1 Å². The van der Waals surface area contributed by atoms with E-state index in [2.05, 4.69) is 10.4 Å². The monoisotopic (exact) mass is 638 g/mol. The third kappa shape index (κ3) is 7.45. The maximum Gasteiger partial charge on any atom is 0.435 e. The van der Waals surface area contributed by atoms with E-state index < -0.39 is 46.1 Å². The molecule has 0 radical (unpaired) electrons. The van der Waals surface area contributed by atoms with Crippen LogP contribution < -0.4 is 4.72 Å². The summed E-state index contributed by atoms with van der Waals surface area (Å²) in [5, 5.41) is 20.4. The molecule has 44 heavy (non-hydrogen) atoms. The van der Waals surface area contributed by atoms with Gasteiger partial charge in [0.05, 0.1) is 27.8 Å². The second-order valence-corrected chi connectivity index (χ2v) is 11.5. The fraction of sp³-hybridized carbons (Fsp3) is 0.370. The van der Waals surface area contributed by atoms with E-state index in [1.165, 1.54) is 19.1 Å². The van der Waals surface area contributed by atoms with Crippen molar-refractivity contribution in [1.82, 2.24) is 19.5 Å². The third-order valence-corrected chi connectivity index (χ3v) is 7.93. The van der Waals surface area contributed by atoms with Crippen LogP contribution in [0.4, 0.5) is 13.2 Å². The first-order chi connectivity index (χ1) is 20.7. The first-order valence-electron chi connectivity index (χ1n) is 13.4. The fourth-order valence-electron chi connectivity index (χ4n) is 4.34. The number of carbonyl (C=O) groups excluding carboxylic acids is 2. The zero-order valence-corrected chi connectivity index (χ0v) is 24.6. The molecule has 0 spiro atoms. The number of nitrogens with zero attached hydrogens (tertiary/aromatic N) is 5. The number of benzene rings is 2. The Kier molecular flexibility index (Phi) is 9.46. The topological polar surface area (TPSA) is 158 Å². The normalized spacial score (nSPS) is 16.5. The van der Waals surface area contributed by atoms with E-state index in [0.717, 1.165) is 33.5 Å². The number of hydrazine groups is 1. The van der Waals surface area contributed by atoms with Crippen LogP contribution in [0.5, 0.6) is 0 Å². The van der Waals surface area contributed by atoms with Gasteiger partial charge < -0.3 is 9.94 Å². The first-order valence-corrected chi connectivity index (χ1v) is 14.9. The average molecular weight is 639 g/mol. The molecule has 0 bridgehead atoms. The van der Waals surface area contributed by atoms with Gasteiger partial charge >= 0.3 is 12.1 Å². The summed E-state index contributed by atoms with van der Waals surface area (Å²) in [6.45, 7) is 4.80. The number of aryl methyl sites for hydroxylation is 1. The number of sulfonamides is 1. The number of hydrogen-bond donors (Lipinski definition) is 1. The summed E-state index contributed by atoms with van der Waals surface area (Å²) in [6, 6.07) is 11.2. The van der Waals surface area contributed by atoms with Crippen molar-refractivity contribution in [3.8, 4) is 16.9 Å². The van der Waals surface area contributed by atoms with Crippen LogP contribution in [0.3, 0.4) is 0 Å². The Morgan fingerprint density at radius 1 is 1.18 bits per heavy atom. The quantitative estimate of drug-likeness (QED) is 0.113. The van der Waals surface area contributed by atoms with Crippen molar-refractivity contribution < 1.29 is 45.7 Å². The largest absolute Gasteiger partial charge is 0.569 e. The minimum Gasteiger partial charge on any atom is -0.569 e. The highest BCUT2D eigenvalue weighted by Crippen LogP contribution is 2.33. The Hall–Kier alpha value is -4.67. The molecule has 17 heteroatoms. The average Bonchev–Trinajstić information content (AvgIpc) is 3.65. The molecule has 1 aliphatic rings. The number of alkyl halides is 3. The lowest BCUT2D eigenvalue weighted by Gasteiger charge is -2.20. The molecule has 1 unspecified atom stereocenters. The molecule has 2 heterocycles. The van der Waals surface area contributed by atoms with Crippen LogP contribution >= 0.6 is 0 Å². The molecule has 1 amide bonds. The number of amides is 1. The highest BCUT2D eigenvalue weighted by molar-refractivity contribution is 7.90. The van der Waals surface area contributed by atoms with Crippen LogP contribution in [0.1, 0.15) is 44.4 Å². The molecule has 1 aliphatic heterocycles. The number of aromatic nitrogens is 2. The summed E-state index contributed by atoms with van der Waals surface area (Å²) >= 11 is 0. The van der Waals surface area contributed by atoms with Crippen molar-refractivity contribution in [2.45, 2.75) is 63.4 Å². The van der Waals surface area contributed by atoms with Crippen LogP contribution in [0.2, 0.25) is 0 Å². The van der Waals surface area contributed by atoms with Gasteiger partial charge in [0.1, 0.15) is 0 Å². The highest BCUT2D eigenvalue weighted by Gasteiger charge is 2.39. The number of halogens is 3. The zero-order valence-electron chi connectivity index (χ0n) is 23.8. The molecule has 1 saturated heterocycles. The van der Waals surface area contributed by atoms with Crippen LogP contribution in [-0.2, 0) is 35.4 Å². The number of carbonyl (C=O) groups is 2. The minimum absolute atomic E-state index is 0.0140. The van der Waals surface area contributed by atoms with E-state index in [1.54, 1.807) is 31.2 Å². The third-order valence-electron chi connectivity index (χ3n) is 6.57. The lowest BCUT2D eigenvalue weighted by atomic mass is 10.1. The number of hydrogen-bond acceptors (Lipinski definition) is 9. The summed E-state index contributed by atoms with van der Waals surface area (Å²) in [5.74, 6) is -1.58. The fourth-order valence-corrected chi connectivity index (χ4v) is 5.35. The second-order valence-electron chi connectivity index (χ2n) is 9.83. The predicted molar refractivity (Wildman–Crippen MR) is 147 cm³/mol. The zero-order chi connectivity index (χ0) is 32.2. The highest BCUT2D eigenvalue weighted by atomic mass is 32.2. The molecule has 2 atom stereocenters. The molecule has 236 valence electrons. The Morgan fingerprint density at radius 3 is 2.45 bits per heavy atom. The molecule has 1 N–H and O–H groups in total. The summed E-state index contributed by atoms with van der Waals surface area (Å²) < 4.78 is 74.4. The molecule has 4 rings (SSSR count). The predicted octanol–water partition coefficient (Wildman–Crippen LogP) is 4.24. The minimum atomic E-state index is -4.72. The maximum atomic E-state index is 13.5. The van der Waals surface area contributed by atoms with Crippen molar-refractivity contribution in [3.63, 3.8) is 0 Å². The summed E-state index contributed by atoms with van der Waals surface area (Å²) in [6.07, 6.45) is -5.30. The molecule has 3 aromatic rings. The summed E-state index contributed by atoms with van der Waals surface area (Å²) in [7, 11) is -4.45. The van der Waals surface area contributed by atoms with Crippen molar-refractivity contribution in [2.24, 2.45) is 5.28 Å². The Labute approximate surface area is 250 Å². The molecule has 0 saturated carbocycles. The van der Waals surface area contributed by atoms with Gasteiger partial charge in [0, 0.05) is 18.9 Å². The van der Waals surface area contributed by atoms with Gasteiger partial charge in [-0.1, -0.05) is 36.8 Å². The van der Waals surface area contributed by atoms with E-state index in [-0.39, 0.29) is 40.6 Å².